The van der Waals surface area contributed by atoms with Crippen molar-refractivity contribution in [3.8, 4) is 0 Å². The zero-order chi connectivity index (χ0) is 6.91. The first-order valence-corrected chi connectivity index (χ1v) is 4.50. The molecule has 9 heavy (non-hydrogen) atoms. The lowest BCUT2D eigenvalue weighted by atomic mass is 9.96. The summed E-state index contributed by atoms with van der Waals surface area (Å²) in [7, 11) is 0. The van der Waals surface area contributed by atoms with Crippen LogP contribution in [0.3, 0.4) is 0 Å². The van der Waals surface area contributed by atoms with Gasteiger partial charge in [0.2, 0.25) is 0 Å². The fourth-order valence-electron chi connectivity index (χ4n) is 0.982. The Kier molecular flexibility index (Phi) is 2.07. The van der Waals surface area contributed by atoms with Gasteiger partial charge in [-0.15, -0.1) is 11.8 Å². The Hall–Kier alpha value is 0.310. The fraction of sp³-hybridized carbons (Fsp3) is 1.00. The zero-order valence-corrected chi connectivity index (χ0v) is 7.22. The lowest BCUT2D eigenvalue weighted by Crippen LogP contribution is -2.32. The summed E-state index contributed by atoms with van der Waals surface area (Å²) >= 11 is 2.04. The van der Waals surface area contributed by atoms with E-state index in [1.165, 1.54) is 12.3 Å². The molecule has 0 aromatic rings. The van der Waals surface area contributed by atoms with Gasteiger partial charge in [-0.25, -0.2) is 0 Å². The number of hydrogen-bond donors (Lipinski definition) is 1. The Morgan fingerprint density at radius 2 is 2.11 bits per heavy atom. The van der Waals surface area contributed by atoms with Crippen LogP contribution < -0.4 is 5.32 Å². The van der Waals surface area contributed by atoms with Crippen molar-refractivity contribution >= 4 is 11.8 Å². The van der Waals surface area contributed by atoms with Gasteiger partial charge in [0.15, 0.2) is 0 Å². The highest BCUT2D eigenvalue weighted by Crippen LogP contribution is 2.30. The van der Waals surface area contributed by atoms with Gasteiger partial charge >= 0.3 is 0 Å². The lowest BCUT2D eigenvalue weighted by Gasteiger charge is -2.25. The minimum atomic E-state index is 0.432. The molecule has 0 aromatic heterocycles. The predicted octanol–water partition coefficient (Wildman–Crippen LogP) is 1.70. The van der Waals surface area contributed by atoms with Gasteiger partial charge in [-0.3, -0.25) is 0 Å². The standard InChI is InChI=1S/C7H15NS/c1-7(2,3)6-8-4-5-9-6/h6,8H,4-5H2,1-3H3/t6-/m0/s1. The topological polar surface area (TPSA) is 12.0 Å². The Labute approximate surface area is 61.6 Å². The monoisotopic (exact) mass is 145 g/mol. The van der Waals surface area contributed by atoms with Crippen LogP contribution in [0.25, 0.3) is 0 Å². The van der Waals surface area contributed by atoms with E-state index in [1.807, 2.05) is 11.8 Å². The van der Waals surface area contributed by atoms with Gasteiger partial charge in [-0.1, -0.05) is 20.8 Å². The van der Waals surface area contributed by atoms with Crippen LogP contribution in [-0.4, -0.2) is 17.7 Å². The van der Waals surface area contributed by atoms with Crippen LogP contribution in [0, 0.1) is 5.41 Å². The van der Waals surface area contributed by atoms with E-state index in [0.717, 1.165) is 0 Å². The van der Waals surface area contributed by atoms with Crippen molar-refractivity contribution < 1.29 is 0 Å². The van der Waals surface area contributed by atoms with E-state index in [9.17, 15) is 0 Å². The third kappa shape index (κ3) is 1.87. The summed E-state index contributed by atoms with van der Waals surface area (Å²) in [5, 5.41) is 4.14. The maximum absolute atomic E-state index is 3.46. The van der Waals surface area contributed by atoms with Gasteiger partial charge in [0.25, 0.3) is 0 Å². The quantitative estimate of drug-likeness (QED) is 0.557. The van der Waals surface area contributed by atoms with Crippen molar-refractivity contribution in [3.05, 3.63) is 0 Å². The van der Waals surface area contributed by atoms with Crippen molar-refractivity contribution in [3.63, 3.8) is 0 Å². The largest absolute Gasteiger partial charge is 0.304 e. The van der Waals surface area contributed by atoms with Gasteiger partial charge in [0.05, 0.1) is 5.37 Å². The second-order valence-corrected chi connectivity index (χ2v) is 4.78. The molecule has 1 heterocycles. The molecule has 0 bridgehead atoms. The van der Waals surface area contributed by atoms with Crippen LogP contribution in [0.5, 0.6) is 0 Å². The number of thioether (sulfide) groups is 1. The maximum Gasteiger partial charge on any atom is 0.0582 e. The van der Waals surface area contributed by atoms with Crippen molar-refractivity contribution in [2.24, 2.45) is 5.41 Å². The molecule has 1 nitrogen and oxygen atoms in total. The normalized spacial score (nSPS) is 29.0. The molecule has 0 aromatic carbocycles. The summed E-state index contributed by atoms with van der Waals surface area (Å²) in [6, 6.07) is 0. The molecule has 1 fully saturated rings. The molecular formula is C7H15NS. The minimum absolute atomic E-state index is 0.432. The molecule has 2 heteroatoms. The summed E-state index contributed by atoms with van der Waals surface area (Å²) in [5.74, 6) is 1.28. The van der Waals surface area contributed by atoms with Crippen LogP contribution in [0.1, 0.15) is 20.8 Å². The highest BCUT2D eigenvalue weighted by atomic mass is 32.2. The summed E-state index contributed by atoms with van der Waals surface area (Å²) in [6.45, 7) is 8.03. The van der Waals surface area contributed by atoms with Gasteiger partial charge in [-0.05, 0) is 5.41 Å². The first-order valence-electron chi connectivity index (χ1n) is 3.46. The minimum Gasteiger partial charge on any atom is -0.304 e. The second-order valence-electron chi connectivity index (χ2n) is 3.57. The first kappa shape index (κ1) is 7.42. The van der Waals surface area contributed by atoms with Gasteiger partial charge in [0, 0.05) is 12.3 Å². The zero-order valence-electron chi connectivity index (χ0n) is 6.40. The average Bonchev–Trinajstić information content (AvgIpc) is 2.08. The van der Waals surface area contributed by atoms with Crippen LogP contribution in [0.4, 0.5) is 0 Å². The van der Waals surface area contributed by atoms with Crippen LogP contribution >= 0.6 is 11.8 Å². The summed E-state index contributed by atoms with van der Waals surface area (Å²) in [6.07, 6.45) is 0. The molecule has 0 spiro atoms. The number of nitrogens with one attached hydrogen (secondary N) is 1. The molecule has 0 unspecified atom stereocenters. The van der Waals surface area contributed by atoms with Crippen LogP contribution in [-0.2, 0) is 0 Å². The van der Waals surface area contributed by atoms with Gasteiger partial charge < -0.3 is 5.32 Å². The Bertz CT molecular complexity index is 89.6. The highest BCUT2D eigenvalue weighted by Gasteiger charge is 2.27. The van der Waals surface area contributed by atoms with E-state index in [2.05, 4.69) is 26.1 Å². The average molecular weight is 145 g/mol. The highest BCUT2D eigenvalue weighted by molar-refractivity contribution is 8.00. The van der Waals surface area contributed by atoms with Crippen molar-refractivity contribution in [2.75, 3.05) is 12.3 Å². The summed E-state index contributed by atoms with van der Waals surface area (Å²) < 4.78 is 0. The Morgan fingerprint density at radius 3 is 2.33 bits per heavy atom. The first-order chi connectivity index (χ1) is 4.11. The molecular weight excluding hydrogens is 130 g/mol. The van der Waals surface area contributed by atoms with E-state index in [4.69, 9.17) is 0 Å². The van der Waals surface area contributed by atoms with Crippen molar-refractivity contribution in [1.29, 1.82) is 0 Å². The second kappa shape index (κ2) is 2.51. The molecule has 0 radical (unpaired) electrons. The molecule has 1 N–H and O–H groups in total. The fourth-order valence-corrected chi connectivity index (χ4v) is 2.19. The molecule has 0 amide bonds. The Balaban J connectivity index is 2.42. The predicted molar refractivity (Wildman–Crippen MR) is 43.7 cm³/mol. The molecule has 1 aliphatic heterocycles. The summed E-state index contributed by atoms with van der Waals surface area (Å²) in [5.41, 5.74) is 0.432. The molecule has 1 atom stereocenters. The van der Waals surface area contributed by atoms with E-state index in [0.29, 0.717) is 10.8 Å². The van der Waals surface area contributed by atoms with Gasteiger partial charge in [-0.2, -0.15) is 0 Å². The van der Waals surface area contributed by atoms with E-state index in [1.54, 1.807) is 0 Å². The third-order valence-electron chi connectivity index (χ3n) is 1.50. The van der Waals surface area contributed by atoms with Crippen molar-refractivity contribution in [2.45, 2.75) is 26.1 Å². The number of rotatable bonds is 0. The lowest BCUT2D eigenvalue weighted by molar-refractivity contribution is 0.364. The summed E-state index contributed by atoms with van der Waals surface area (Å²) in [4.78, 5) is 0. The molecule has 1 aliphatic rings. The number of hydrogen-bond acceptors (Lipinski definition) is 2. The molecule has 0 aliphatic carbocycles. The van der Waals surface area contributed by atoms with Gasteiger partial charge in [0.1, 0.15) is 0 Å². The SMILES string of the molecule is CC(C)(C)[C@H]1NCCS1. The molecule has 1 rings (SSSR count). The van der Waals surface area contributed by atoms with E-state index < -0.39 is 0 Å². The molecule has 0 saturated carbocycles. The molecule has 1 saturated heterocycles. The van der Waals surface area contributed by atoms with Crippen LogP contribution in [0.2, 0.25) is 0 Å². The maximum atomic E-state index is 3.46. The Morgan fingerprint density at radius 1 is 1.44 bits per heavy atom. The van der Waals surface area contributed by atoms with Crippen LogP contribution in [0.15, 0.2) is 0 Å². The van der Waals surface area contributed by atoms with Crippen molar-refractivity contribution in [1.82, 2.24) is 5.32 Å². The third-order valence-corrected chi connectivity index (χ3v) is 3.15. The smallest absolute Gasteiger partial charge is 0.0582 e. The van der Waals surface area contributed by atoms with E-state index >= 15 is 0 Å². The van der Waals surface area contributed by atoms with E-state index in [-0.39, 0.29) is 0 Å². The molecule has 54 valence electrons.